The molecule has 1 saturated carbocycles. The van der Waals surface area contributed by atoms with E-state index in [9.17, 15) is 5.11 Å². The average Bonchev–Trinajstić information content (AvgIpc) is 2.18. The second-order valence-electron chi connectivity index (χ2n) is 6.77. The first-order valence-electron chi connectivity index (χ1n) is 6.77. The molecule has 2 heteroatoms. The molecule has 1 rings (SSSR count). The molecule has 0 amide bonds. The molecule has 16 heavy (non-hydrogen) atoms. The summed E-state index contributed by atoms with van der Waals surface area (Å²) in [5.41, 5.74) is 0.294. The molecule has 0 heterocycles. The third-order valence-corrected chi connectivity index (χ3v) is 3.57. The highest BCUT2D eigenvalue weighted by molar-refractivity contribution is 4.81. The van der Waals surface area contributed by atoms with Crippen molar-refractivity contribution >= 4 is 0 Å². The smallest absolute Gasteiger partial charge is 0.0584 e. The Hall–Kier alpha value is -0.0800. The summed E-state index contributed by atoms with van der Waals surface area (Å²) >= 11 is 0. The Morgan fingerprint density at radius 2 is 1.75 bits per heavy atom. The van der Waals surface area contributed by atoms with Crippen molar-refractivity contribution in [3.05, 3.63) is 0 Å². The quantitative estimate of drug-likeness (QED) is 0.774. The van der Waals surface area contributed by atoms with E-state index in [1.807, 2.05) is 0 Å². The molecule has 2 N–H and O–H groups in total. The molecular weight excluding hydrogens is 198 g/mol. The molecule has 1 aliphatic carbocycles. The van der Waals surface area contributed by atoms with Gasteiger partial charge in [-0.1, -0.05) is 27.7 Å². The van der Waals surface area contributed by atoms with Gasteiger partial charge in [0.2, 0.25) is 0 Å². The summed E-state index contributed by atoms with van der Waals surface area (Å²) in [5.74, 6) is 0.897. The predicted octanol–water partition coefficient (Wildman–Crippen LogP) is 2.95. The van der Waals surface area contributed by atoms with Crippen LogP contribution in [0.3, 0.4) is 0 Å². The summed E-state index contributed by atoms with van der Waals surface area (Å²) in [7, 11) is 0. The Labute approximate surface area is 101 Å². The molecule has 0 radical (unpaired) electrons. The van der Waals surface area contributed by atoms with Crippen LogP contribution in [0.4, 0.5) is 0 Å². The summed E-state index contributed by atoms with van der Waals surface area (Å²) < 4.78 is 0. The van der Waals surface area contributed by atoms with Gasteiger partial charge in [0.1, 0.15) is 0 Å². The molecule has 0 spiro atoms. The lowest BCUT2D eigenvalue weighted by molar-refractivity contribution is 0.173. The Bertz CT molecular complexity index is 189. The van der Waals surface area contributed by atoms with Crippen LogP contribution in [0.15, 0.2) is 0 Å². The van der Waals surface area contributed by atoms with Crippen LogP contribution in [0.2, 0.25) is 0 Å². The van der Waals surface area contributed by atoms with Gasteiger partial charge in [-0.25, -0.2) is 0 Å². The fourth-order valence-electron chi connectivity index (χ4n) is 2.68. The highest BCUT2D eigenvalue weighted by atomic mass is 16.3. The molecule has 0 saturated heterocycles. The van der Waals surface area contributed by atoms with Crippen LogP contribution in [0.25, 0.3) is 0 Å². The number of nitrogens with one attached hydrogen (secondary N) is 1. The van der Waals surface area contributed by atoms with Gasteiger partial charge in [-0.15, -0.1) is 0 Å². The van der Waals surface area contributed by atoms with Crippen molar-refractivity contribution in [3.63, 3.8) is 0 Å². The van der Waals surface area contributed by atoms with Crippen molar-refractivity contribution in [3.8, 4) is 0 Å². The molecule has 1 fully saturated rings. The number of aliphatic hydroxyl groups excluding tert-OH is 1. The largest absolute Gasteiger partial charge is 0.395 e. The molecule has 0 aliphatic heterocycles. The van der Waals surface area contributed by atoms with E-state index in [1.54, 1.807) is 0 Å². The lowest BCUT2D eigenvalue weighted by atomic mass is 9.85. The summed E-state index contributed by atoms with van der Waals surface area (Å²) in [6, 6.07) is 0.911. The van der Waals surface area contributed by atoms with Gasteiger partial charge < -0.3 is 10.4 Å². The zero-order valence-corrected chi connectivity index (χ0v) is 11.4. The van der Waals surface area contributed by atoms with E-state index in [1.165, 1.54) is 25.7 Å². The van der Waals surface area contributed by atoms with Gasteiger partial charge in [0.05, 0.1) is 6.61 Å². The minimum Gasteiger partial charge on any atom is -0.395 e. The molecule has 0 aromatic rings. The van der Waals surface area contributed by atoms with Gasteiger partial charge in [0, 0.05) is 12.1 Å². The van der Waals surface area contributed by atoms with Gasteiger partial charge in [-0.2, -0.15) is 0 Å². The first-order valence-corrected chi connectivity index (χ1v) is 6.77. The molecule has 1 atom stereocenters. The fraction of sp³-hybridized carbons (Fsp3) is 1.00. The van der Waals surface area contributed by atoms with E-state index < -0.39 is 0 Å². The number of hydrogen-bond donors (Lipinski definition) is 2. The maximum atomic E-state index is 9.41. The molecule has 2 nitrogen and oxygen atoms in total. The van der Waals surface area contributed by atoms with Crippen molar-refractivity contribution in [2.75, 3.05) is 6.61 Å². The molecular formula is C14H29NO. The van der Waals surface area contributed by atoms with E-state index in [0.29, 0.717) is 11.5 Å². The fourth-order valence-corrected chi connectivity index (χ4v) is 2.68. The van der Waals surface area contributed by atoms with Crippen molar-refractivity contribution in [2.24, 2.45) is 11.3 Å². The molecule has 0 aromatic heterocycles. The van der Waals surface area contributed by atoms with Gasteiger partial charge in [-0.05, 0) is 43.4 Å². The van der Waals surface area contributed by atoms with Crippen molar-refractivity contribution < 1.29 is 5.11 Å². The zero-order chi connectivity index (χ0) is 12.2. The summed E-state index contributed by atoms with van der Waals surface area (Å²) in [5, 5.41) is 13.0. The molecule has 0 aromatic carbocycles. The summed E-state index contributed by atoms with van der Waals surface area (Å²) in [6.45, 7) is 9.32. The van der Waals surface area contributed by atoms with Crippen LogP contribution in [-0.2, 0) is 0 Å². The van der Waals surface area contributed by atoms with Crippen LogP contribution < -0.4 is 5.32 Å². The minimum atomic E-state index is 0.267. The van der Waals surface area contributed by atoms with Crippen LogP contribution >= 0.6 is 0 Å². The standard InChI is InChI=1S/C14H29NO/c1-11-5-7-12(8-6-11)15-13(10-16)9-14(2,3)4/h11-13,15-16H,5-10H2,1-4H3. The van der Waals surface area contributed by atoms with Crippen LogP contribution in [-0.4, -0.2) is 23.8 Å². The topological polar surface area (TPSA) is 32.3 Å². The first kappa shape index (κ1) is 14.0. The lowest BCUT2D eigenvalue weighted by Gasteiger charge is -2.33. The van der Waals surface area contributed by atoms with Gasteiger partial charge in [-0.3, -0.25) is 0 Å². The van der Waals surface area contributed by atoms with Gasteiger partial charge in [0.25, 0.3) is 0 Å². The zero-order valence-electron chi connectivity index (χ0n) is 11.4. The second kappa shape index (κ2) is 6.02. The van der Waals surface area contributed by atoms with E-state index in [-0.39, 0.29) is 12.6 Å². The highest BCUT2D eigenvalue weighted by Gasteiger charge is 2.23. The van der Waals surface area contributed by atoms with Crippen LogP contribution in [0.5, 0.6) is 0 Å². The van der Waals surface area contributed by atoms with E-state index in [0.717, 1.165) is 12.3 Å². The van der Waals surface area contributed by atoms with E-state index in [4.69, 9.17) is 0 Å². The van der Waals surface area contributed by atoms with Crippen molar-refractivity contribution in [1.82, 2.24) is 5.32 Å². The average molecular weight is 227 g/mol. The third kappa shape index (κ3) is 5.31. The Morgan fingerprint density at radius 3 is 2.19 bits per heavy atom. The minimum absolute atomic E-state index is 0.267. The first-order chi connectivity index (χ1) is 7.40. The maximum absolute atomic E-state index is 9.41. The molecule has 1 unspecified atom stereocenters. The predicted molar refractivity (Wildman–Crippen MR) is 69.5 cm³/mol. The Morgan fingerprint density at radius 1 is 1.19 bits per heavy atom. The van der Waals surface area contributed by atoms with E-state index >= 15 is 0 Å². The molecule has 0 bridgehead atoms. The number of aliphatic hydroxyl groups is 1. The Kier molecular flexibility index (Phi) is 5.26. The number of rotatable bonds is 4. The van der Waals surface area contributed by atoms with Gasteiger partial charge >= 0.3 is 0 Å². The lowest BCUT2D eigenvalue weighted by Crippen LogP contribution is -2.44. The van der Waals surface area contributed by atoms with Gasteiger partial charge in [0.15, 0.2) is 0 Å². The summed E-state index contributed by atoms with van der Waals surface area (Å²) in [6.07, 6.45) is 6.29. The third-order valence-electron chi connectivity index (χ3n) is 3.57. The van der Waals surface area contributed by atoms with Crippen molar-refractivity contribution in [2.45, 2.75) is 71.9 Å². The molecule has 96 valence electrons. The Balaban J connectivity index is 2.33. The normalized spacial score (nSPS) is 29.1. The van der Waals surface area contributed by atoms with E-state index in [2.05, 4.69) is 33.0 Å². The van der Waals surface area contributed by atoms with Crippen LogP contribution in [0.1, 0.15) is 59.8 Å². The second-order valence-corrected chi connectivity index (χ2v) is 6.77. The SMILES string of the molecule is CC1CCC(NC(CO)CC(C)(C)C)CC1. The number of hydrogen-bond acceptors (Lipinski definition) is 2. The summed E-state index contributed by atoms with van der Waals surface area (Å²) in [4.78, 5) is 0. The highest BCUT2D eigenvalue weighted by Crippen LogP contribution is 2.26. The molecule has 1 aliphatic rings. The van der Waals surface area contributed by atoms with Crippen molar-refractivity contribution in [1.29, 1.82) is 0 Å². The van der Waals surface area contributed by atoms with Crippen LogP contribution in [0, 0.1) is 11.3 Å². The maximum Gasteiger partial charge on any atom is 0.0584 e. The monoisotopic (exact) mass is 227 g/mol.